The molecular weight excluding hydrogens is 250 g/mol. The van der Waals surface area contributed by atoms with E-state index in [4.69, 9.17) is 0 Å². The van der Waals surface area contributed by atoms with Gasteiger partial charge < -0.3 is 10.6 Å². The molecular formula is C14H18F2N2O. The van der Waals surface area contributed by atoms with E-state index in [1.807, 2.05) is 13.8 Å². The number of amides is 1. The van der Waals surface area contributed by atoms with Crippen molar-refractivity contribution < 1.29 is 13.6 Å². The Kier molecular flexibility index (Phi) is 3.73. The molecule has 0 radical (unpaired) electrons. The fourth-order valence-electron chi connectivity index (χ4n) is 1.78. The number of carbonyl (C=O) groups is 1. The Balaban J connectivity index is 2.16. The largest absolute Gasteiger partial charge is 0.380 e. The monoisotopic (exact) mass is 268 g/mol. The topological polar surface area (TPSA) is 41.1 Å². The zero-order valence-electron chi connectivity index (χ0n) is 11.1. The molecule has 2 N–H and O–H groups in total. The molecule has 5 heteroatoms. The zero-order chi connectivity index (χ0) is 14.0. The molecule has 1 aromatic carbocycles. The van der Waals surface area contributed by atoms with Crippen molar-refractivity contribution in [2.75, 3.05) is 11.9 Å². The van der Waals surface area contributed by atoms with Gasteiger partial charge in [-0.05, 0) is 38.3 Å². The molecule has 104 valence electrons. The average Bonchev–Trinajstić information content (AvgIpc) is 3.05. The van der Waals surface area contributed by atoms with E-state index < -0.39 is 17.5 Å². The molecule has 0 aromatic heterocycles. The second-order valence-electron chi connectivity index (χ2n) is 5.26. The molecule has 1 amide bonds. The summed E-state index contributed by atoms with van der Waals surface area (Å²) in [6.45, 7) is 4.30. The van der Waals surface area contributed by atoms with Crippen LogP contribution in [0.5, 0.6) is 0 Å². The summed E-state index contributed by atoms with van der Waals surface area (Å²) in [5.41, 5.74) is -0.357. The maximum absolute atomic E-state index is 13.8. The van der Waals surface area contributed by atoms with Crippen LogP contribution in [0.15, 0.2) is 12.1 Å². The molecule has 19 heavy (non-hydrogen) atoms. The first-order chi connectivity index (χ1) is 8.95. The Hall–Kier alpha value is -1.65. The number of hydrogen-bond acceptors (Lipinski definition) is 2. The summed E-state index contributed by atoms with van der Waals surface area (Å²) < 4.78 is 27.5. The maximum Gasteiger partial charge on any atom is 0.251 e. The normalized spacial score (nSPS) is 16.0. The Morgan fingerprint density at radius 2 is 1.89 bits per heavy atom. The van der Waals surface area contributed by atoms with Gasteiger partial charge in [-0.3, -0.25) is 4.79 Å². The summed E-state index contributed by atoms with van der Waals surface area (Å²) in [7, 11) is 0. The summed E-state index contributed by atoms with van der Waals surface area (Å²) in [4.78, 5) is 11.9. The van der Waals surface area contributed by atoms with Crippen LogP contribution >= 0.6 is 0 Å². The molecule has 0 atom stereocenters. The second kappa shape index (κ2) is 5.15. The van der Waals surface area contributed by atoms with Gasteiger partial charge in [-0.1, -0.05) is 6.92 Å². The quantitative estimate of drug-likeness (QED) is 0.861. The molecule has 0 spiro atoms. The predicted molar refractivity (Wildman–Crippen MR) is 70.2 cm³/mol. The number of nitrogens with one attached hydrogen (secondary N) is 2. The van der Waals surface area contributed by atoms with Gasteiger partial charge in [0, 0.05) is 17.6 Å². The van der Waals surface area contributed by atoms with Crippen molar-refractivity contribution in [3.8, 4) is 0 Å². The zero-order valence-corrected chi connectivity index (χ0v) is 11.1. The van der Waals surface area contributed by atoms with Gasteiger partial charge in [0.05, 0.1) is 0 Å². The van der Waals surface area contributed by atoms with Gasteiger partial charge in [-0.25, -0.2) is 8.78 Å². The third-order valence-electron chi connectivity index (χ3n) is 3.27. The highest BCUT2D eigenvalue weighted by Gasteiger charge is 2.38. The van der Waals surface area contributed by atoms with Crippen LogP contribution in [0.3, 0.4) is 0 Å². The third kappa shape index (κ3) is 3.22. The van der Waals surface area contributed by atoms with Gasteiger partial charge in [0.1, 0.15) is 17.3 Å². The van der Waals surface area contributed by atoms with Crippen molar-refractivity contribution in [3.05, 3.63) is 29.3 Å². The van der Waals surface area contributed by atoms with E-state index in [2.05, 4.69) is 10.6 Å². The molecule has 1 aromatic rings. The summed E-state index contributed by atoms with van der Waals surface area (Å²) in [6.07, 6.45) is 2.57. The standard InChI is InChI=1S/C14H18F2N2O/c1-3-6-17-12-10(15)7-9(8-11(12)16)13(19)18-14(2)4-5-14/h7-8,17H,3-6H2,1-2H3,(H,18,19). The van der Waals surface area contributed by atoms with Crippen molar-refractivity contribution in [1.29, 1.82) is 0 Å². The van der Waals surface area contributed by atoms with E-state index >= 15 is 0 Å². The third-order valence-corrected chi connectivity index (χ3v) is 3.27. The Bertz CT molecular complexity index is 475. The Morgan fingerprint density at radius 1 is 1.32 bits per heavy atom. The first-order valence-corrected chi connectivity index (χ1v) is 6.50. The lowest BCUT2D eigenvalue weighted by atomic mass is 10.1. The molecule has 0 saturated heterocycles. The second-order valence-corrected chi connectivity index (χ2v) is 5.26. The molecule has 1 aliphatic carbocycles. The van der Waals surface area contributed by atoms with Crippen LogP contribution in [0.1, 0.15) is 43.5 Å². The van der Waals surface area contributed by atoms with Gasteiger partial charge in [-0.2, -0.15) is 0 Å². The lowest BCUT2D eigenvalue weighted by Crippen LogP contribution is -2.34. The molecule has 1 aliphatic rings. The SMILES string of the molecule is CCCNc1c(F)cc(C(=O)NC2(C)CC2)cc1F. The van der Waals surface area contributed by atoms with Crippen LogP contribution in [0, 0.1) is 11.6 Å². The highest BCUT2D eigenvalue weighted by Crippen LogP contribution is 2.34. The van der Waals surface area contributed by atoms with Crippen LogP contribution in [0.4, 0.5) is 14.5 Å². The highest BCUT2D eigenvalue weighted by molar-refractivity contribution is 5.95. The molecule has 0 aliphatic heterocycles. The fourth-order valence-corrected chi connectivity index (χ4v) is 1.78. The van der Waals surface area contributed by atoms with Crippen LogP contribution in [-0.4, -0.2) is 18.0 Å². The summed E-state index contributed by atoms with van der Waals surface area (Å²) in [6, 6.07) is 2.14. The molecule has 2 rings (SSSR count). The van der Waals surface area contributed by atoms with Crippen molar-refractivity contribution in [2.24, 2.45) is 0 Å². The lowest BCUT2D eigenvalue weighted by molar-refractivity contribution is 0.0934. The summed E-state index contributed by atoms with van der Waals surface area (Å²) in [5, 5.41) is 5.45. The average molecular weight is 268 g/mol. The minimum absolute atomic E-state index is 0.0187. The number of rotatable bonds is 5. The van der Waals surface area contributed by atoms with E-state index in [1.54, 1.807) is 0 Å². The van der Waals surface area contributed by atoms with Crippen molar-refractivity contribution in [3.63, 3.8) is 0 Å². The minimum atomic E-state index is -0.737. The summed E-state index contributed by atoms with van der Waals surface area (Å²) in [5.74, 6) is -1.90. The molecule has 0 bridgehead atoms. The van der Waals surface area contributed by atoms with Gasteiger partial charge in [0.2, 0.25) is 0 Å². The lowest BCUT2D eigenvalue weighted by Gasteiger charge is -2.13. The van der Waals surface area contributed by atoms with Gasteiger partial charge in [0.15, 0.2) is 0 Å². The molecule has 1 fully saturated rings. The van der Waals surface area contributed by atoms with E-state index in [-0.39, 0.29) is 16.8 Å². The first-order valence-electron chi connectivity index (χ1n) is 6.50. The number of anilines is 1. The van der Waals surface area contributed by atoms with Gasteiger partial charge >= 0.3 is 0 Å². The van der Waals surface area contributed by atoms with Gasteiger partial charge in [-0.15, -0.1) is 0 Å². The molecule has 3 nitrogen and oxygen atoms in total. The number of carbonyl (C=O) groups excluding carboxylic acids is 1. The predicted octanol–water partition coefficient (Wildman–Crippen LogP) is 3.07. The Morgan fingerprint density at radius 3 is 2.37 bits per heavy atom. The fraction of sp³-hybridized carbons (Fsp3) is 0.500. The van der Waals surface area contributed by atoms with E-state index in [1.165, 1.54) is 0 Å². The first kappa shape index (κ1) is 13.8. The van der Waals surface area contributed by atoms with Crippen LogP contribution in [0.2, 0.25) is 0 Å². The van der Waals surface area contributed by atoms with E-state index in [0.29, 0.717) is 6.54 Å². The Labute approximate surface area is 111 Å². The van der Waals surface area contributed by atoms with E-state index in [0.717, 1.165) is 31.4 Å². The van der Waals surface area contributed by atoms with Crippen LogP contribution in [0.25, 0.3) is 0 Å². The highest BCUT2D eigenvalue weighted by atomic mass is 19.1. The van der Waals surface area contributed by atoms with Crippen LogP contribution in [-0.2, 0) is 0 Å². The van der Waals surface area contributed by atoms with Crippen molar-refractivity contribution >= 4 is 11.6 Å². The van der Waals surface area contributed by atoms with Crippen LogP contribution < -0.4 is 10.6 Å². The summed E-state index contributed by atoms with van der Waals surface area (Å²) >= 11 is 0. The number of benzene rings is 1. The van der Waals surface area contributed by atoms with E-state index in [9.17, 15) is 13.6 Å². The smallest absolute Gasteiger partial charge is 0.251 e. The number of halogens is 2. The van der Waals surface area contributed by atoms with Crippen molar-refractivity contribution in [1.82, 2.24) is 5.32 Å². The van der Waals surface area contributed by atoms with Crippen molar-refractivity contribution in [2.45, 2.75) is 38.6 Å². The van der Waals surface area contributed by atoms with Gasteiger partial charge in [0.25, 0.3) is 5.91 Å². The molecule has 0 heterocycles. The molecule has 1 saturated carbocycles. The number of hydrogen-bond donors (Lipinski definition) is 2. The minimum Gasteiger partial charge on any atom is -0.380 e. The molecule has 0 unspecified atom stereocenters. The maximum atomic E-state index is 13.8.